The van der Waals surface area contributed by atoms with Gasteiger partial charge in [-0.25, -0.2) is 0 Å². The van der Waals surface area contributed by atoms with Crippen molar-refractivity contribution in [2.75, 3.05) is 19.7 Å². The largest absolute Gasteiger partial charge is 0.492 e. The summed E-state index contributed by atoms with van der Waals surface area (Å²) in [6.07, 6.45) is 5.20. The Bertz CT molecular complexity index is 341. The Kier molecular flexibility index (Phi) is 7.86. The average molecular weight is 270 g/mol. The van der Waals surface area contributed by atoms with Gasteiger partial charge in [0.15, 0.2) is 0 Å². The van der Waals surface area contributed by atoms with E-state index in [1.54, 1.807) is 0 Å². The van der Waals surface area contributed by atoms with Crippen molar-refractivity contribution in [2.45, 2.75) is 39.5 Å². The lowest BCUT2D eigenvalue weighted by Gasteiger charge is -2.08. The minimum Gasteiger partial charge on any atom is -0.492 e. The summed E-state index contributed by atoms with van der Waals surface area (Å²) < 4.78 is 5.65. The van der Waals surface area contributed by atoms with Crippen LogP contribution in [0.2, 0.25) is 5.02 Å². The van der Waals surface area contributed by atoms with Crippen LogP contribution in [0.1, 0.15) is 38.2 Å². The highest BCUT2D eigenvalue weighted by Crippen LogP contribution is 2.20. The van der Waals surface area contributed by atoms with Crippen LogP contribution in [0.4, 0.5) is 0 Å². The van der Waals surface area contributed by atoms with Crippen LogP contribution in [0.3, 0.4) is 0 Å². The van der Waals surface area contributed by atoms with Crippen LogP contribution in [0.5, 0.6) is 5.75 Å². The third-order valence-electron chi connectivity index (χ3n) is 2.88. The minimum absolute atomic E-state index is 0.703. The van der Waals surface area contributed by atoms with E-state index < -0.39 is 0 Å². The zero-order valence-electron chi connectivity index (χ0n) is 11.5. The molecule has 0 heterocycles. The van der Waals surface area contributed by atoms with Crippen LogP contribution in [-0.2, 0) is 0 Å². The number of benzene rings is 1. The summed E-state index contributed by atoms with van der Waals surface area (Å²) in [6, 6.07) is 5.77. The van der Waals surface area contributed by atoms with Crippen molar-refractivity contribution in [1.82, 2.24) is 5.32 Å². The number of ether oxygens (including phenoxy) is 1. The molecule has 1 aromatic carbocycles. The maximum atomic E-state index is 5.96. The number of aryl methyl sites for hydroxylation is 1. The molecule has 1 aromatic rings. The van der Waals surface area contributed by atoms with Gasteiger partial charge in [-0.3, -0.25) is 0 Å². The van der Waals surface area contributed by atoms with Gasteiger partial charge < -0.3 is 10.1 Å². The Labute approximate surface area is 116 Å². The second-order valence-electron chi connectivity index (χ2n) is 4.57. The maximum Gasteiger partial charge on any atom is 0.119 e. The first-order chi connectivity index (χ1) is 8.74. The lowest BCUT2D eigenvalue weighted by molar-refractivity contribution is 0.313. The normalized spacial score (nSPS) is 10.6. The summed E-state index contributed by atoms with van der Waals surface area (Å²) in [5, 5.41) is 4.18. The molecule has 0 amide bonds. The zero-order valence-corrected chi connectivity index (χ0v) is 12.2. The Morgan fingerprint density at radius 1 is 1.17 bits per heavy atom. The molecule has 1 N–H and O–H groups in total. The van der Waals surface area contributed by atoms with Gasteiger partial charge in [0.25, 0.3) is 0 Å². The molecule has 0 aliphatic carbocycles. The zero-order chi connectivity index (χ0) is 13.2. The second-order valence-corrected chi connectivity index (χ2v) is 4.98. The van der Waals surface area contributed by atoms with Crippen LogP contribution >= 0.6 is 11.6 Å². The summed E-state index contributed by atoms with van der Waals surface area (Å²) in [6.45, 7) is 6.90. The molecule has 102 valence electrons. The molecule has 0 saturated heterocycles. The van der Waals surface area contributed by atoms with Crippen molar-refractivity contribution in [2.24, 2.45) is 0 Å². The quantitative estimate of drug-likeness (QED) is 0.679. The first kappa shape index (κ1) is 15.3. The maximum absolute atomic E-state index is 5.96. The highest BCUT2D eigenvalue weighted by atomic mass is 35.5. The number of nitrogens with one attached hydrogen (secondary N) is 1. The van der Waals surface area contributed by atoms with Crippen molar-refractivity contribution in [1.29, 1.82) is 0 Å². The number of rotatable bonds is 9. The molecular formula is C15H24ClNO. The van der Waals surface area contributed by atoms with Crippen molar-refractivity contribution in [3.63, 3.8) is 0 Å². The third-order valence-corrected chi connectivity index (χ3v) is 3.31. The highest BCUT2D eigenvalue weighted by Gasteiger charge is 1.98. The molecule has 3 heteroatoms. The van der Waals surface area contributed by atoms with Gasteiger partial charge in [-0.15, -0.1) is 0 Å². The Hall–Kier alpha value is -0.730. The Morgan fingerprint density at radius 2 is 2.00 bits per heavy atom. The van der Waals surface area contributed by atoms with Crippen molar-refractivity contribution in [3.8, 4) is 5.75 Å². The SMILES string of the molecule is CCCCCCNCCOc1ccc(Cl)c(C)c1. The Balaban J connectivity index is 2.05. The fraction of sp³-hybridized carbons (Fsp3) is 0.600. The molecule has 0 aromatic heterocycles. The molecule has 0 aliphatic rings. The standard InChI is InChI=1S/C15H24ClNO/c1-3-4-5-6-9-17-10-11-18-14-7-8-15(16)13(2)12-14/h7-8,12,17H,3-6,9-11H2,1-2H3. The molecule has 0 saturated carbocycles. The molecule has 2 nitrogen and oxygen atoms in total. The van der Waals surface area contributed by atoms with Gasteiger partial charge in [-0.2, -0.15) is 0 Å². The molecule has 1 rings (SSSR count). The molecule has 0 atom stereocenters. The molecule has 0 aliphatic heterocycles. The van der Waals surface area contributed by atoms with Crippen molar-refractivity contribution < 1.29 is 4.74 Å². The van der Waals surface area contributed by atoms with E-state index in [-0.39, 0.29) is 0 Å². The van der Waals surface area contributed by atoms with Gasteiger partial charge in [0.1, 0.15) is 12.4 Å². The lowest BCUT2D eigenvalue weighted by atomic mass is 10.2. The predicted molar refractivity (Wildman–Crippen MR) is 78.7 cm³/mol. The van der Waals surface area contributed by atoms with Gasteiger partial charge in [-0.1, -0.05) is 37.8 Å². The van der Waals surface area contributed by atoms with Gasteiger partial charge in [0, 0.05) is 11.6 Å². The van der Waals surface area contributed by atoms with E-state index in [2.05, 4.69) is 12.2 Å². The first-order valence-electron chi connectivity index (χ1n) is 6.83. The lowest BCUT2D eigenvalue weighted by Crippen LogP contribution is -2.22. The van der Waals surface area contributed by atoms with Gasteiger partial charge in [-0.05, 0) is 43.7 Å². The van der Waals surface area contributed by atoms with E-state index in [1.165, 1.54) is 25.7 Å². The average Bonchev–Trinajstić information content (AvgIpc) is 2.37. The summed E-state index contributed by atoms with van der Waals surface area (Å²) in [4.78, 5) is 0. The monoisotopic (exact) mass is 269 g/mol. The van der Waals surface area contributed by atoms with E-state index in [4.69, 9.17) is 16.3 Å². The summed E-state index contributed by atoms with van der Waals surface area (Å²) in [5.41, 5.74) is 1.06. The molecular weight excluding hydrogens is 246 g/mol. The van der Waals surface area contributed by atoms with E-state index in [0.29, 0.717) is 6.61 Å². The second kappa shape index (κ2) is 9.23. The topological polar surface area (TPSA) is 21.3 Å². The van der Waals surface area contributed by atoms with Gasteiger partial charge in [0.2, 0.25) is 0 Å². The molecule has 18 heavy (non-hydrogen) atoms. The van der Waals surface area contributed by atoms with Crippen LogP contribution in [-0.4, -0.2) is 19.7 Å². The number of hydrogen-bond donors (Lipinski definition) is 1. The molecule has 0 fully saturated rings. The van der Waals surface area contributed by atoms with Crippen LogP contribution in [0.25, 0.3) is 0 Å². The molecule has 0 bridgehead atoms. The van der Waals surface area contributed by atoms with E-state index >= 15 is 0 Å². The molecule has 0 radical (unpaired) electrons. The van der Waals surface area contributed by atoms with Crippen LogP contribution in [0, 0.1) is 6.92 Å². The van der Waals surface area contributed by atoms with Crippen molar-refractivity contribution >= 4 is 11.6 Å². The number of halogens is 1. The molecule has 0 unspecified atom stereocenters. The Morgan fingerprint density at radius 3 is 2.72 bits per heavy atom. The molecule has 0 spiro atoms. The van der Waals surface area contributed by atoms with Gasteiger partial charge in [0.05, 0.1) is 0 Å². The van der Waals surface area contributed by atoms with E-state index in [9.17, 15) is 0 Å². The number of unbranched alkanes of at least 4 members (excludes halogenated alkanes) is 3. The predicted octanol–water partition coefficient (Wildman–Crippen LogP) is 4.20. The summed E-state index contributed by atoms with van der Waals surface area (Å²) in [7, 11) is 0. The summed E-state index contributed by atoms with van der Waals surface area (Å²) in [5.74, 6) is 0.893. The van der Waals surface area contributed by atoms with Gasteiger partial charge >= 0.3 is 0 Å². The summed E-state index contributed by atoms with van der Waals surface area (Å²) >= 11 is 5.96. The first-order valence-corrected chi connectivity index (χ1v) is 7.21. The van der Waals surface area contributed by atoms with E-state index in [0.717, 1.165) is 29.4 Å². The third kappa shape index (κ3) is 6.27. The fourth-order valence-electron chi connectivity index (χ4n) is 1.75. The highest BCUT2D eigenvalue weighted by molar-refractivity contribution is 6.31. The number of hydrogen-bond acceptors (Lipinski definition) is 2. The van der Waals surface area contributed by atoms with Crippen LogP contribution in [0.15, 0.2) is 18.2 Å². The van der Waals surface area contributed by atoms with Crippen molar-refractivity contribution in [3.05, 3.63) is 28.8 Å². The smallest absolute Gasteiger partial charge is 0.119 e. The minimum atomic E-state index is 0.703. The van der Waals surface area contributed by atoms with E-state index in [1.807, 2.05) is 25.1 Å². The van der Waals surface area contributed by atoms with Crippen LogP contribution < -0.4 is 10.1 Å². The fourth-order valence-corrected chi connectivity index (χ4v) is 1.87.